The Bertz CT molecular complexity index is 154. The lowest BCUT2D eigenvalue weighted by Gasteiger charge is -2.26. The minimum Gasteiger partial charge on any atom is -0.409 e. The van der Waals surface area contributed by atoms with Crippen molar-refractivity contribution in [3.63, 3.8) is 0 Å². The second-order valence-corrected chi connectivity index (χ2v) is 3.28. The van der Waals surface area contributed by atoms with Crippen molar-refractivity contribution in [3.8, 4) is 0 Å². The molecule has 0 aromatic heterocycles. The van der Waals surface area contributed by atoms with E-state index in [-0.39, 0.29) is 0 Å². The van der Waals surface area contributed by atoms with Gasteiger partial charge in [-0.25, -0.2) is 0 Å². The van der Waals surface area contributed by atoms with Crippen LogP contribution in [0.3, 0.4) is 0 Å². The van der Waals surface area contributed by atoms with Crippen molar-refractivity contribution >= 4 is 5.84 Å². The van der Waals surface area contributed by atoms with E-state index in [1.807, 2.05) is 0 Å². The average molecular weight is 171 g/mol. The van der Waals surface area contributed by atoms with E-state index in [2.05, 4.69) is 10.5 Å². The normalized spacial score (nSPS) is 19.2. The zero-order valence-electron chi connectivity index (χ0n) is 7.29. The van der Waals surface area contributed by atoms with E-state index >= 15 is 0 Å². The van der Waals surface area contributed by atoms with Gasteiger partial charge in [0.25, 0.3) is 0 Å². The third kappa shape index (κ3) is 3.09. The molecular weight excluding hydrogens is 154 g/mol. The van der Waals surface area contributed by atoms with Crippen molar-refractivity contribution in [2.45, 2.75) is 38.1 Å². The molecule has 1 aliphatic rings. The highest BCUT2D eigenvalue weighted by Crippen LogP contribution is 2.17. The molecule has 0 aliphatic heterocycles. The molecule has 0 amide bonds. The second kappa shape index (κ2) is 4.98. The Balaban J connectivity index is 1.88. The first-order valence-electron chi connectivity index (χ1n) is 4.52. The summed E-state index contributed by atoms with van der Waals surface area (Å²) in [4.78, 5) is 0. The Morgan fingerprint density at radius 2 is 2.33 bits per heavy atom. The number of rotatable bonds is 5. The number of nitrogens with zero attached hydrogens (tertiary/aromatic N) is 1. The Kier molecular flexibility index (Phi) is 3.87. The summed E-state index contributed by atoms with van der Waals surface area (Å²) in [5, 5.41) is 14.6. The maximum absolute atomic E-state index is 8.24. The SMILES string of the molecule is NC(CCCNC1CCC1)=NO. The topological polar surface area (TPSA) is 70.6 Å². The largest absolute Gasteiger partial charge is 0.409 e. The molecule has 1 rings (SSSR count). The molecular formula is C8H17N3O. The molecule has 1 fully saturated rings. The van der Waals surface area contributed by atoms with Crippen LogP contribution in [-0.4, -0.2) is 23.6 Å². The number of nitrogens with one attached hydrogen (secondary N) is 1. The standard InChI is InChI=1S/C8H17N3O/c9-8(11-12)5-2-6-10-7-3-1-4-7/h7,10,12H,1-6H2,(H2,9,11). The van der Waals surface area contributed by atoms with Crippen molar-refractivity contribution in [3.05, 3.63) is 0 Å². The van der Waals surface area contributed by atoms with E-state index in [1.54, 1.807) is 0 Å². The zero-order chi connectivity index (χ0) is 8.81. The van der Waals surface area contributed by atoms with Gasteiger partial charge in [-0.2, -0.15) is 0 Å². The molecule has 70 valence electrons. The number of nitrogens with two attached hydrogens (primary N) is 1. The molecule has 4 N–H and O–H groups in total. The summed E-state index contributed by atoms with van der Waals surface area (Å²) >= 11 is 0. The summed E-state index contributed by atoms with van der Waals surface area (Å²) in [7, 11) is 0. The van der Waals surface area contributed by atoms with Gasteiger partial charge in [-0.3, -0.25) is 0 Å². The molecule has 0 aromatic carbocycles. The van der Waals surface area contributed by atoms with E-state index in [9.17, 15) is 0 Å². The van der Waals surface area contributed by atoms with Gasteiger partial charge in [-0.05, 0) is 25.8 Å². The quantitative estimate of drug-likeness (QED) is 0.187. The van der Waals surface area contributed by atoms with E-state index in [4.69, 9.17) is 10.9 Å². The average Bonchev–Trinajstić information content (AvgIpc) is 2.00. The smallest absolute Gasteiger partial charge is 0.139 e. The Morgan fingerprint density at radius 1 is 1.58 bits per heavy atom. The molecule has 0 unspecified atom stereocenters. The Labute approximate surface area is 72.8 Å². The predicted molar refractivity (Wildman–Crippen MR) is 48.3 cm³/mol. The summed E-state index contributed by atoms with van der Waals surface area (Å²) in [6.07, 6.45) is 5.60. The van der Waals surface area contributed by atoms with Crippen LogP contribution in [0.25, 0.3) is 0 Å². The first-order valence-corrected chi connectivity index (χ1v) is 4.52. The van der Waals surface area contributed by atoms with Gasteiger partial charge in [0.2, 0.25) is 0 Å². The number of hydrogen-bond acceptors (Lipinski definition) is 3. The molecule has 0 heterocycles. The molecule has 4 heteroatoms. The van der Waals surface area contributed by atoms with Crippen LogP contribution in [0.1, 0.15) is 32.1 Å². The van der Waals surface area contributed by atoms with Gasteiger partial charge in [0.05, 0.1) is 0 Å². The van der Waals surface area contributed by atoms with Crippen LogP contribution in [-0.2, 0) is 0 Å². The van der Waals surface area contributed by atoms with Gasteiger partial charge in [0.15, 0.2) is 0 Å². The summed E-state index contributed by atoms with van der Waals surface area (Å²) in [6.45, 7) is 0.973. The van der Waals surface area contributed by atoms with Gasteiger partial charge in [-0.15, -0.1) is 0 Å². The van der Waals surface area contributed by atoms with Crippen molar-refractivity contribution in [2.75, 3.05) is 6.54 Å². The molecule has 12 heavy (non-hydrogen) atoms. The monoisotopic (exact) mass is 171 g/mol. The second-order valence-electron chi connectivity index (χ2n) is 3.28. The maximum atomic E-state index is 8.24. The van der Waals surface area contributed by atoms with Crippen LogP contribution >= 0.6 is 0 Å². The molecule has 1 aliphatic carbocycles. The molecule has 1 saturated carbocycles. The maximum Gasteiger partial charge on any atom is 0.139 e. The van der Waals surface area contributed by atoms with Gasteiger partial charge >= 0.3 is 0 Å². The molecule has 0 aromatic rings. The highest BCUT2D eigenvalue weighted by Gasteiger charge is 2.15. The fourth-order valence-corrected chi connectivity index (χ4v) is 1.24. The number of hydrogen-bond donors (Lipinski definition) is 3. The van der Waals surface area contributed by atoms with Crippen LogP contribution in [0.5, 0.6) is 0 Å². The first-order chi connectivity index (χ1) is 5.83. The molecule has 0 saturated heterocycles. The first kappa shape index (κ1) is 9.32. The van der Waals surface area contributed by atoms with Gasteiger partial charge < -0.3 is 16.3 Å². The minimum atomic E-state index is 0.324. The van der Waals surface area contributed by atoms with Crippen LogP contribution in [0.2, 0.25) is 0 Å². The third-order valence-corrected chi connectivity index (χ3v) is 2.28. The van der Waals surface area contributed by atoms with E-state index < -0.39 is 0 Å². The summed E-state index contributed by atoms with van der Waals surface area (Å²) in [5.41, 5.74) is 5.31. The fourth-order valence-electron chi connectivity index (χ4n) is 1.24. The highest BCUT2D eigenvalue weighted by molar-refractivity contribution is 5.79. The van der Waals surface area contributed by atoms with E-state index in [0.717, 1.165) is 19.0 Å². The van der Waals surface area contributed by atoms with Gasteiger partial charge in [0, 0.05) is 12.5 Å². The fraction of sp³-hybridized carbons (Fsp3) is 0.875. The van der Waals surface area contributed by atoms with Crippen LogP contribution in [0.15, 0.2) is 5.16 Å². The van der Waals surface area contributed by atoms with Crippen molar-refractivity contribution < 1.29 is 5.21 Å². The Morgan fingerprint density at radius 3 is 2.83 bits per heavy atom. The highest BCUT2D eigenvalue weighted by atomic mass is 16.4. The minimum absolute atomic E-state index is 0.324. The van der Waals surface area contributed by atoms with Crippen molar-refractivity contribution in [2.24, 2.45) is 10.9 Å². The van der Waals surface area contributed by atoms with Crippen molar-refractivity contribution in [1.29, 1.82) is 0 Å². The number of amidine groups is 1. The lowest BCUT2D eigenvalue weighted by molar-refractivity contribution is 0.315. The van der Waals surface area contributed by atoms with Crippen LogP contribution < -0.4 is 11.1 Å². The van der Waals surface area contributed by atoms with E-state index in [1.165, 1.54) is 19.3 Å². The molecule has 0 spiro atoms. The predicted octanol–water partition coefficient (Wildman–Crippen LogP) is 0.655. The zero-order valence-corrected chi connectivity index (χ0v) is 7.29. The van der Waals surface area contributed by atoms with Gasteiger partial charge in [-0.1, -0.05) is 11.6 Å². The van der Waals surface area contributed by atoms with E-state index in [0.29, 0.717) is 12.3 Å². The van der Waals surface area contributed by atoms with Crippen molar-refractivity contribution in [1.82, 2.24) is 5.32 Å². The summed E-state index contributed by atoms with van der Waals surface area (Å²) in [6, 6.07) is 0.734. The molecule has 0 atom stereocenters. The lowest BCUT2D eigenvalue weighted by atomic mass is 9.93. The summed E-state index contributed by atoms with van der Waals surface area (Å²) in [5.74, 6) is 0.324. The van der Waals surface area contributed by atoms with Gasteiger partial charge in [0.1, 0.15) is 5.84 Å². The third-order valence-electron chi connectivity index (χ3n) is 2.28. The van der Waals surface area contributed by atoms with Crippen LogP contribution in [0, 0.1) is 0 Å². The van der Waals surface area contributed by atoms with Crippen LogP contribution in [0.4, 0.5) is 0 Å². The molecule has 0 radical (unpaired) electrons. The number of oxime groups is 1. The summed E-state index contributed by atoms with van der Waals surface area (Å²) < 4.78 is 0. The Hall–Kier alpha value is -0.770. The lowest BCUT2D eigenvalue weighted by Crippen LogP contribution is -2.35. The molecule has 0 bridgehead atoms. The molecule has 4 nitrogen and oxygen atoms in total.